The van der Waals surface area contributed by atoms with E-state index in [4.69, 9.17) is 37.0 Å². The van der Waals surface area contributed by atoms with Gasteiger partial charge in [-0.2, -0.15) is 0 Å². The van der Waals surface area contributed by atoms with E-state index in [1.54, 1.807) is 0 Å². The molecular weight excluding hydrogens is 1350 g/mol. The third-order valence-corrected chi connectivity index (χ3v) is 21.9. The third kappa shape index (κ3) is 78.2. The smallest absolute Gasteiger partial charge is 0.462 e. The molecular formula is C85H166O17P2. The molecule has 0 heterocycles. The molecule has 0 aromatic carbocycles. The number of esters is 4. The SMILES string of the molecule is CCCCCCCCCCCCCCCCCCCCCC(=O)O[C@H](COC(=O)CCCCCCCCCCCCCCCCCCCC)COP(=O)(O)OC[C@@H](O)COP(=O)(O)OC[C@@H](COC(=O)CCCCCCCCCCCC(C)C)OC(=O)CCCCCCCCCCCCCCCCC. The molecule has 0 aromatic rings. The van der Waals surface area contributed by atoms with Crippen LogP contribution in [0.3, 0.4) is 0 Å². The van der Waals surface area contributed by atoms with Crippen LogP contribution in [0.15, 0.2) is 0 Å². The molecule has 19 heteroatoms. The largest absolute Gasteiger partial charge is 0.472 e. The van der Waals surface area contributed by atoms with Gasteiger partial charge in [0.1, 0.15) is 19.3 Å². The zero-order chi connectivity index (χ0) is 76.2. The van der Waals surface area contributed by atoms with E-state index in [2.05, 4.69) is 34.6 Å². The number of aliphatic hydroxyl groups is 1. The fourth-order valence-corrected chi connectivity index (χ4v) is 14.9. The number of phosphoric acid groups is 2. The van der Waals surface area contributed by atoms with Crippen molar-refractivity contribution in [3.63, 3.8) is 0 Å². The van der Waals surface area contributed by atoms with Gasteiger partial charge in [0.15, 0.2) is 12.2 Å². The van der Waals surface area contributed by atoms with Crippen LogP contribution in [0.1, 0.15) is 458 Å². The van der Waals surface area contributed by atoms with Crippen LogP contribution in [0, 0.1) is 5.92 Å². The van der Waals surface area contributed by atoms with Gasteiger partial charge in [0.2, 0.25) is 0 Å². The van der Waals surface area contributed by atoms with Crippen LogP contribution in [0.25, 0.3) is 0 Å². The third-order valence-electron chi connectivity index (χ3n) is 20.0. The van der Waals surface area contributed by atoms with E-state index in [0.29, 0.717) is 25.7 Å². The van der Waals surface area contributed by atoms with Crippen molar-refractivity contribution in [2.45, 2.75) is 477 Å². The van der Waals surface area contributed by atoms with Crippen molar-refractivity contribution in [3.05, 3.63) is 0 Å². The standard InChI is InChI=1S/C85H166O17P2/c1-6-9-12-15-18-21-24-27-30-32-34-36-39-42-45-50-56-61-66-71-85(90)101-80(74-95-82(87)68-63-58-53-48-43-40-38-35-33-31-28-25-22-19-16-13-10-7-2)76-99-103(91,92)97-72-79(86)73-98-104(93,94)100-77-81(75-96-83(88)69-64-59-54-51-46-47-52-57-62-67-78(4)5)102-84(89)70-65-60-55-49-44-41-37-29-26-23-20-17-14-11-8-3/h78-81,86H,6-77H2,1-5H3,(H,91,92)(H,93,94)/t79-,80-,81-/m1/s1. The van der Waals surface area contributed by atoms with Crippen LogP contribution in [0.4, 0.5) is 0 Å². The van der Waals surface area contributed by atoms with Gasteiger partial charge < -0.3 is 33.8 Å². The summed E-state index contributed by atoms with van der Waals surface area (Å²) in [6.07, 6.45) is 70.8. The van der Waals surface area contributed by atoms with Crippen molar-refractivity contribution in [2.24, 2.45) is 5.92 Å². The average molecular weight is 1520 g/mol. The van der Waals surface area contributed by atoms with Gasteiger partial charge in [-0.3, -0.25) is 37.3 Å². The Balaban J connectivity index is 5.25. The predicted molar refractivity (Wildman–Crippen MR) is 428 cm³/mol. The van der Waals surface area contributed by atoms with Gasteiger partial charge in [0.25, 0.3) is 0 Å². The maximum Gasteiger partial charge on any atom is 0.472 e. The lowest BCUT2D eigenvalue weighted by Crippen LogP contribution is -2.30. The molecule has 0 saturated carbocycles. The zero-order valence-corrected chi connectivity index (χ0v) is 70.0. The molecule has 17 nitrogen and oxygen atoms in total. The normalized spacial score (nSPS) is 13.8. The number of hydrogen-bond donors (Lipinski definition) is 3. The molecule has 0 aromatic heterocycles. The summed E-state index contributed by atoms with van der Waals surface area (Å²) in [5.41, 5.74) is 0. The molecule has 0 bridgehead atoms. The lowest BCUT2D eigenvalue weighted by atomic mass is 10.0. The molecule has 5 atom stereocenters. The van der Waals surface area contributed by atoms with E-state index < -0.39 is 97.5 Å². The minimum Gasteiger partial charge on any atom is -0.462 e. The highest BCUT2D eigenvalue weighted by Gasteiger charge is 2.30. The van der Waals surface area contributed by atoms with Gasteiger partial charge in [-0.25, -0.2) is 9.13 Å². The van der Waals surface area contributed by atoms with Gasteiger partial charge in [0, 0.05) is 25.7 Å². The van der Waals surface area contributed by atoms with E-state index in [1.807, 2.05) is 0 Å². The average Bonchev–Trinajstić information content (AvgIpc) is 0.921. The second-order valence-electron chi connectivity index (χ2n) is 31.1. The Kier molecular flexibility index (Phi) is 76.3. The highest BCUT2D eigenvalue weighted by Crippen LogP contribution is 2.45. The number of hydrogen-bond acceptors (Lipinski definition) is 15. The summed E-state index contributed by atoms with van der Waals surface area (Å²) in [5, 5.41) is 10.7. The fraction of sp³-hybridized carbons (Fsp3) is 0.953. The first-order valence-corrected chi connectivity index (χ1v) is 47.1. The van der Waals surface area contributed by atoms with Crippen LogP contribution in [0.5, 0.6) is 0 Å². The van der Waals surface area contributed by atoms with Crippen molar-refractivity contribution in [2.75, 3.05) is 39.6 Å². The number of aliphatic hydroxyl groups excluding tert-OH is 1. The predicted octanol–water partition coefficient (Wildman–Crippen LogP) is 26.0. The second kappa shape index (κ2) is 77.8. The van der Waals surface area contributed by atoms with Crippen LogP contribution < -0.4 is 0 Å². The maximum absolute atomic E-state index is 13.1. The Bertz CT molecular complexity index is 1980. The quantitative estimate of drug-likeness (QED) is 0.0222. The van der Waals surface area contributed by atoms with Crippen LogP contribution in [-0.4, -0.2) is 96.7 Å². The lowest BCUT2D eigenvalue weighted by molar-refractivity contribution is -0.161. The minimum absolute atomic E-state index is 0.108. The Morgan fingerprint density at radius 2 is 0.442 bits per heavy atom. The van der Waals surface area contributed by atoms with E-state index >= 15 is 0 Å². The van der Waals surface area contributed by atoms with Crippen molar-refractivity contribution < 1.29 is 80.2 Å². The first-order valence-electron chi connectivity index (χ1n) is 44.1. The van der Waals surface area contributed by atoms with Gasteiger partial charge in [-0.1, -0.05) is 407 Å². The molecule has 0 aliphatic rings. The second-order valence-corrected chi connectivity index (χ2v) is 34.0. The molecule has 0 spiro atoms. The number of phosphoric ester groups is 2. The van der Waals surface area contributed by atoms with Crippen LogP contribution in [0.2, 0.25) is 0 Å². The van der Waals surface area contributed by atoms with Gasteiger partial charge in [0.05, 0.1) is 26.4 Å². The lowest BCUT2D eigenvalue weighted by Gasteiger charge is -2.21. The Hall–Kier alpha value is -1.94. The molecule has 0 fully saturated rings. The van der Waals surface area contributed by atoms with Crippen molar-refractivity contribution in [1.29, 1.82) is 0 Å². The van der Waals surface area contributed by atoms with Crippen molar-refractivity contribution in [3.8, 4) is 0 Å². The summed E-state index contributed by atoms with van der Waals surface area (Å²) in [4.78, 5) is 73.2. The minimum atomic E-state index is -4.96. The molecule has 0 aliphatic carbocycles. The summed E-state index contributed by atoms with van der Waals surface area (Å²) in [7, 11) is -9.93. The molecule has 0 aliphatic heterocycles. The molecule has 0 radical (unpaired) electrons. The molecule has 0 rings (SSSR count). The Morgan fingerprint density at radius 1 is 0.260 bits per heavy atom. The van der Waals surface area contributed by atoms with Crippen molar-refractivity contribution in [1.82, 2.24) is 0 Å². The highest BCUT2D eigenvalue weighted by atomic mass is 31.2. The topological polar surface area (TPSA) is 237 Å². The molecule has 0 amide bonds. The Labute approximate surface area is 638 Å². The molecule has 104 heavy (non-hydrogen) atoms. The summed E-state index contributed by atoms with van der Waals surface area (Å²) >= 11 is 0. The first kappa shape index (κ1) is 102. The fourth-order valence-electron chi connectivity index (χ4n) is 13.3. The van der Waals surface area contributed by atoms with Gasteiger partial charge in [-0.15, -0.1) is 0 Å². The number of ether oxygens (including phenoxy) is 4. The monoisotopic (exact) mass is 1520 g/mol. The summed E-state index contributed by atoms with van der Waals surface area (Å²) in [6, 6.07) is 0. The summed E-state index contributed by atoms with van der Waals surface area (Å²) in [6.45, 7) is 7.35. The van der Waals surface area contributed by atoms with E-state index in [1.165, 1.54) is 283 Å². The zero-order valence-electron chi connectivity index (χ0n) is 68.2. The van der Waals surface area contributed by atoms with Crippen molar-refractivity contribution >= 4 is 39.5 Å². The highest BCUT2D eigenvalue weighted by molar-refractivity contribution is 7.47. The van der Waals surface area contributed by atoms with Gasteiger partial charge in [-0.05, 0) is 31.6 Å². The molecule has 2 unspecified atom stereocenters. The number of rotatable bonds is 85. The maximum atomic E-state index is 13.1. The summed E-state index contributed by atoms with van der Waals surface area (Å²) in [5.74, 6) is -1.36. The summed E-state index contributed by atoms with van der Waals surface area (Å²) < 4.78 is 68.9. The Morgan fingerprint density at radius 3 is 0.654 bits per heavy atom. The van der Waals surface area contributed by atoms with E-state index in [9.17, 15) is 43.2 Å². The number of unbranched alkanes of at least 4 members (excludes halogenated alkanes) is 57. The molecule has 0 saturated heterocycles. The number of carbonyl (C=O) groups excluding carboxylic acids is 4. The van der Waals surface area contributed by atoms with E-state index in [0.717, 1.165) is 95.8 Å². The van der Waals surface area contributed by atoms with Crippen LogP contribution >= 0.6 is 15.6 Å². The van der Waals surface area contributed by atoms with Gasteiger partial charge >= 0.3 is 39.5 Å². The first-order chi connectivity index (χ1) is 50.5. The van der Waals surface area contributed by atoms with E-state index in [-0.39, 0.29) is 25.7 Å². The molecule has 3 N–H and O–H groups in total. The number of carbonyl (C=O) groups is 4. The molecule has 618 valence electrons. The van der Waals surface area contributed by atoms with Crippen LogP contribution in [-0.2, 0) is 65.4 Å².